The molecule has 0 atom stereocenters. The first kappa shape index (κ1) is 13.9. The molecule has 1 aliphatic heterocycles. The maximum atomic E-state index is 12.7. The SMILES string of the molecule is CNc1nc(NN2CCCCC2)cc(C(F)(F)F)n1. The fourth-order valence-electron chi connectivity index (χ4n) is 1.93. The van der Waals surface area contributed by atoms with Gasteiger partial charge in [-0.25, -0.2) is 9.99 Å². The van der Waals surface area contributed by atoms with Crippen molar-refractivity contribution in [3.05, 3.63) is 11.8 Å². The van der Waals surface area contributed by atoms with E-state index in [-0.39, 0.29) is 11.8 Å². The van der Waals surface area contributed by atoms with Crippen LogP contribution in [0.4, 0.5) is 24.9 Å². The summed E-state index contributed by atoms with van der Waals surface area (Å²) in [7, 11) is 1.49. The summed E-state index contributed by atoms with van der Waals surface area (Å²) in [6.07, 6.45) is -1.27. The van der Waals surface area contributed by atoms with Gasteiger partial charge >= 0.3 is 6.18 Å². The highest BCUT2D eigenvalue weighted by atomic mass is 19.4. The van der Waals surface area contributed by atoms with Crippen molar-refractivity contribution < 1.29 is 13.2 Å². The van der Waals surface area contributed by atoms with Crippen molar-refractivity contribution in [2.24, 2.45) is 0 Å². The number of piperidine rings is 1. The lowest BCUT2D eigenvalue weighted by Gasteiger charge is -2.27. The molecule has 0 aliphatic carbocycles. The Bertz CT molecular complexity index is 429. The van der Waals surface area contributed by atoms with Gasteiger partial charge in [0, 0.05) is 26.2 Å². The second kappa shape index (κ2) is 5.60. The van der Waals surface area contributed by atoms with Gasteiger partial charge in [-0.3, -0.25) is 0 Å². The minimum absolute atomic E-state index is 0.0469. The van der Waals surface area contributed by atoms with Crippen LogP contribution in [0.2, 0.25) is 0 Å². The predicted octanol–water partition coefficient (Wildman–Crippen LogP) is 2.35. The average Bonchev–Trinajstić information content (AvgIpc) is 2.38. The zero-order valence-corrected chi connectivity index (χ0v) is 10.6. The standard InChI is InChI=1S/C11H16F3N5/c1-15-10-16-8(11(12,13)14)7-9(17-10)18-19-5-3-2-4-6-19/h7H,2-6H2,1H3,(H2,15,16,17,18). The van der Waals surface area contributed by atoms with Gasteiger partial charge in [0.05, 0.1) is 0 Å². The number of hydrogen-bond donors (Lipinski definition) is 2. The molecule has 2 N–H and O–H groups in total. The molecule has 8 heteroatoms. The van der Waals surface area contributed by atoms with Gasteiger partial charge in [0.15, 0.2) is 5.69 Å². The molecule has 0 unspecified atom stereocenters. The Hall–Kier alpha value is -1.57. The van der Waals surface area contributed by atoms with Gasteiger partial charge in [0.1, 0.15) is 5.82 Å². The molecule has 5 nitrogen and oxygen atoms in total. The predicted molar refractivity (Wildman–Crippen MR) is 65.6 cm³/mol. The van der Waals surface area contributed by atoms with E-state index in [1.165, 1.54) is 7.05 Å². The highest BCUT2D eigenvalue weighted by molar-refractivity contribution is 5.42. The number of rotatable bonds is 3. The largest absolute Gasteiger partial charge is 0.433 e. The number of nitrogens with one attached hydrogen (secondary N) is 2. The van der Waals surface area contributed by atoms with Crippen molar-refractivity contribution in [2.45, 2.75) is 25.4 Å². The Balaban J connectivity index is 2.19. The lowest BCUT2D eigenvalue weighted by atomic mass is 10.2. The normalized spacial score (nSPS) is 17.3. The molecule has 1 aromatic heterocycles. The number of aromatic nitrogens is 2. The van der Waals surface area contributed by atoms with E-state index >= 15 is 0 Å². The fourth-order valence-corrected chi connectivity index (χ4v) is 1.93. The molecule has 0 bridgehead atoms. The molecule has 0 radical (unpaired) electrons. The molecular formula is C11H16F3N5. The number of anilines is 2. The van der Waals surface area contributed by atoms with E-state index in [0.717, 1.165) is 38.4 Å². The number of alkyl halides is 3. The summed E-state index contributed by atoms with van der Waals surface area (Å²) in [6, 6.07) is 0.926. The average molecular weight is 275 g/mol. The van der Waals surface area contributed by atoms with Crippen LogP contribution in [0.1, 0.15) is 25.0 Å². The van der Waals surface area contributed by atoms with Crippen LogP contribution in [0.25, 0.3) is 0 Å². The van der Waals surface area contributed by atoms with Crippen molar-refractivity contribution in [2.75, 3.05) is 30.9 Å². The number of hydrazine groups is 1. The van der Waals surface area contributed by atoms with Crippen LogP contribution >= 0.6 is 0 Å². The molecule has 1 saturated heterocycles. The molecule has 0 spiro atoms. The highest BCUT2D eigenvalue weighted by Gasteiger charge is 2.33. The van der Waals surface area contributed by atoms with Crippen molar-refractivity contribution in [1.29, 1.82) is 0 Å². The first-order valence-electron chi connectivity index (χ1n) is 6.14. The number of hydrogen-bond acceptors (Lipinski definition) is 5. The van der Waals surface area contributed by atoms with E-state index in [1.807, 2.05) is 5.01 Å². The molecule has 0 saturated carbocycles. The third-order valence-corrected chi connectivity index (χ3v) is 2.87. The summed E-state index contributed by atoms with van der Waals surface area (Å²) >= 11 is 0. The summed E-state index contributed by atoms with van der Waals surface area (Å²) < 4.78 is 38.1. The van der Waals surface area contributed by atoms with Gasteiger partial charge in [-0.1, -0.05) is 6.42 Å². The molecular weight excluding hydrogens is 259 g/mol. The Morgan fingerprint density at radius 2 is 1.84 bits per heavy atom. The minimum Gasteiger partial charge on any atom is -0.357 e. The van der Waals surface area contributed by atoms with Crippen LogP contribution in [0, 0.1) is 0 Å². The van der Waals surface area contributed by atoms with E-state index in [4.69, 9.17) is 0 Å². The quantitative estimate of drug-likeness (QED) is 0.887. The number of nitrogens with zero attached hydrogens (tertiary/aromatic N) is 3. The Labute approximate surface area is 109 Å². The molecule has 2 heterocycles. The topological polar surface area (TPSA) is 53.1 Å². The van der Waals surface area contributed by atoms with Gasteiger partial charge in [0.2, 0.25) is 5.95 Å². The van der Waals surface area contributed by atoms with Crippen molar-refractivity contribution in [1.82, 2.24) is 15.0 Å². The highest BCUT2D eigenvalue weighted by Crippen LogP contribution is 2.29. The van der Waals surface area contributed by atoms with E-state index in [9.17, 15) is 13.2 Å². The molecule has 1 aliphatic rings. The van der Waals surface area contributed by atoms with E-state index in [1.54, 1.807) is 0 Å². The summed E-state index contributed by atoms with van der Waals surface area (Å²) in [4.78, 5) is 7.40. The maximum Gasteiger partial charge on any atom is 0.433 e. The van der Waals surface area contributed by atoms with Gasteiger partial charge in [-0.05, 0) is 12.8 Å². The zero-order valence-electron chi connectivity index (χ0n) is 10.6. The third-order valence-electron chi connectivity index (χ3n) is 2.87. The van der Waals surface area contributed by atoms with Crippen LogP contribution in [-0.4, -0.2) is 35.1 Å². The number of halogens is 3. The Kier molecular flexibility index (Phi) is 4.08. The smallest absolute Gasteiger partial charge is 0.357 e. The first-order valence-corrected chi connectivity index (χ1v) is 6.14. The second-order valence-electron chi connectivity index (χ2n) is 4.37. The summed E-state index contributed by atoms with van der Waals surface area (Å²) in [6.45, 7) is 1.61. The molecule has 2 rings (SSSR count). The summed E-state index contributed by atoms with van der Waals surface area (Å²) in [5.74, 6) is 0.114. The molecule has 106 valence electrons. The van der Waals surface area contributed by atoms with E-state index < -0.39 is 11.9 Å². The van der Waals surface area contributed by atoms with Gasteiger partial charge in [0.25, 0.3) is 0 Å². The van der Waals surface area contributed by atoms with Crippen LogP contribution in [-0.2, 0) is 6.18 Å². The monoisotopic (exact) mass is 275 g/mol. The Morgan fingerprint density at radius 3 is 2.42 bits per heavy atom. The van der Waals surface area contributed by atoms with Crippen molar-refractivity contribution >= 4 is 11.8 Å². The lowest BCUT2D eigenvalue weighted by molar-refractivity contribution is -0.141. The van der Waals surface area contributed by atoms with E-state index in [2.05, 4.69) is 20.7 Å². The molecule has 1 fully saturated rings. The zero-order chi connectivity index (χ0) is 13.9. The van der Waals surface area contributed by atoms with Crippen LogP contribution in [0.15, 0.2) is 6.07 Å². The van der Waals surface area contributed by atoms with Crippen LogP contribution < -0.4 is 10.7 Å². The summed E-state index contributed by atoms with van der Waals surface area (Å²) in [5, 5.41) is 4.42. The van der Waals surface area contributed by atoms with Crippen LogP contribution in [0.5, 0.6) is 0 Å². The molecule has 1 aromatic rings. The van der Waals surface area contributed by atoms with Crippen molar-refractivity contribution in [3.8, 4) is 0 Å². The minimum atomic E-state index is -4.48. The maximum absolute atomic E-state index is 12.7. The molecule has 19 heavy (non-hydrogen) atoms. The lowest BCUT2D eigenvalue weighted by Crippen LogP contribution is -2.35. The summed E-state index contributed by atoms with van der Waals surface area (Å²) in [5.41, 5.74) is 1.96. The molecule has 0 aromatic carbocycles. The van der Waals surface area contributed by atoms with Crippen molar-refractivity contribution in [3.63, 3.8) is 0 Å². The first-order chi connectivity index (χ1) is 8.99. The third kappa shape index (κ3) is 3.69. The molecule has 0 amide bonds. The van der Waals surface area contributed by atoms with Crippen LogP contribution in [0.3, 0.4) is 0 Å². The Morgan fingerprint density at radius 1 is 1.16 bits per heavy atom. The van der Waals surface area contributed by atoms with E-state index in [0.29, 0.717) is 0 Å². The van der Waals surface area contributed by atoms with Gasteiger partial charge in [-0.15, -0.1) is 0 Å². The second-order valence-corrected chi connectivity index (χ2v) is 4.37. The van der Waals surface area contributed by atoms with Gasteiger partial charge < -0.3 is 10.7 Å². The fraction of sp³-hybridized carbons (Fsp3) is 0.636. The van der Waals surface area contributed by atoms with Gasteiger partial charge in [-0.2, -0.15) is 18.2 Å².